The largest absolute Gasteiger partial charge is 0.485 e. The van der Waals surface area contributed by atoms with Gasteiger partial charge in [-0.05, 0) is 30.7 Å². The summed E-state index contributed by atoms with van der Waals surface area (Å²) in [5, 5.41) is 0.411. The Bertz CT molecular complexity index is 940. The van der Waals surface area contributed by atoms with Gasteiger partial charge in [-0.3, -0.25) is 0 Å². The molecule has 0 unspecified atom stereocenters. The lowest BCUT2D eigenvalue weighted by Gasteiger charge is -2.11. The molecule has 0 bridgehead atoms. The van der Waals surface area contributed by atoms with E-state index in [9.17, 15) is 9.18 Å². The number of aryl methyl sites for hydroxylation is 1. The number of benzene rings is 2. The van der Waals surface area contributed by atoms with Crippen LogP contribution >= 0.6 is 0 Å². The number of anilines is 1. The molecule has 0 fully saturated rings. The predicted octanol–water partition coefficient (Wildman–Crippen LogP) is 3.63. The normalized spacial score (nSPS) is 10.7. The molecule has 5 nitrogen and oxygen atoms in total. The molecule has 2 N–H and O–H groups in total. The molecule has 0 saturated carbocycles. The van der Waals surface area contributed by atoms with Crippen LogP contribution in [-0.4, -0.2) is 18.1 Å². The van der Waals surface area contributed by atoms with Crippen molar-refractivity contribution in [2.45, 2.75) is 13.5 Å². The van der Waals surface area contributed by atoms with Crippen molar-refractivity contribution in [1.82, 2.24) is 4.98 Å². The van der Waals surface area contributed by atoms with Crippen molar-refractivity contribution < 1.29 is 18.7 Å². The molecule has 1 aromatic heterocycles. The topological polar surface area (TPSA) is 74.4 Å². The number of carbonyl (C=O) groups excluding carboxylic acids is 1. The Morgan fingerprint density at radius 2 is 1.92 bits per heavy atom. The highest BCUT2D eigenvalue weighted by molar-refractivity contribution is 5.95. The number of fused-ring (bicyclic) bond motifs is 1. The maximum Gasteiger partial charge on any atom is 0.337 e. The average molecular weight is 340 g/mol. The molecule has 128 valence electrons. The summed E-state index contributed by atoms with van der Waals surface area (Å²) in [4.78, 5) is 15.7. The minimum Gasteiger partial charge on any atom is -0.485 e. The van der Waals surface area contributed by atoms with E-state index < -0.39 is 11.8 Å². The first-order chi connectivity index (χ1) is 12.0. The average Bonchev–Trinajstić information content (AvgIpc) is 2.61. The van der Waals surface area contributed by atoms with Crippen molar-refractivity contribution in [1.29, 1.82) is 0 Å². The number of aromatic nitrogens is 1. The van der Waals surface area contributed by atoms with E-state index in [1.54, 1.807) is 6.07 Å². The third kappa shape index (κ3) is 3.52. The molecule has 0 radical (unpaired) electrons. The Balaban J connectivity index is 1.93. The van der Waals surface area contributed by atoms with Gasteiger partial charge in [0.05, 0.1) is 12.7 Å². The van der Waals surface area contributed by atoms with Gasteiger partial charge in [0.25, 0.3) is 0 Å². The second kappa shape index (κ2) is 6.76. The summed E-state index contributed by atoms with van der Waals surface area (Å²) in [5.41, 5.74) is 8.18. The zero-order chi connectivity index (χ0) is 18.0. The molecule has 0 saturated heterocycles. The Kier molecular flexibility index (Phi) is 4.52. The SMILES string of the molecule is COC(=O)c1cc(F)c2nc(N)c(OCc3ccc(C)cc3)cc2c1. The number of methoxy groups -OCH3 is 1. The maximum absolute atomic E-state index is 14.2. The van der Waals surface area contributed by atoms with Gasteiger partial charge in [-0.2, -0.15) is 0 Å². The number of hydrogen-bond donors (Lipinski definition) is 1. The van der Waals surface area contributed by atoms with Crippen molar-refractivity contribution >= 4 is 22.7 Å². The van der Waals surface area contributed by atoms with Crippen LogP contribution in [0.5, 0.6) is 5.75 Å². The van der Waals surface area contributed by atoms with Crippen molar-refractivity contribution in [3.8, 4) is 5.75 Å². The van der Waals surface area contributed by atoms with Gasteiger partial charge >= 0.3 is 5.97 Å². The first-order valence-electron chi connectivity index (χ1n) is 7.64. The molecule has 25 heavy (non-hydrogen) atoms. The Morgan fingerprint density at radius 1 is 1.20 bits per heavy atom. The van der Waals surface area contributed by atoms with Crippen LogP contribution < -0.4 is 10.5 Å². The second-order valence-electron chi connectivity index (χ2n) is 5.67. The lowest BCUT2D eigenvalue weighted by atomic mass is 10.1. The summed E-state index contributed by atoms with van der Waals surface area (Å²) < 4.78 is 24.5. The second-order valence-corrected chi connectivity index (χ2v) is 5.67. The molecule has 0 aliphatic rings. The van der Waals surface area contributed by atoms with E-state index in [-0.39, 0.29) is 16.9 Å². The van der Waals surface area contributed by atoms with Gasteiger partial charge in [-0.25, -0.2) is 14.2 Å². The van der Waals surface area contributed by atoms with Crippen LogP contribution in [0.1, 0.15) is 21.5 Å². The number of carbonyl (C=O) groups is 1. The van der Waals surface area contributed by atoms with Crippen LogP contribution in [0.3, 0.4) is 0 Å². The van der Waals surface area contributed by atoms with Crippen LogP contribution in [0.25, 0.3) is 10.9 Å². The highest BCUT2D eigenvalue weighted by Crippen LogP contribution is 2.28. The number of halogens is 1. The molecule has 0 atom stereocenters. The first kappa shape index (κ1) is 16.7. The minimum atomic E-state index is -0.644. The van der Waals surface area contributed by atoms with E-state index in [2.05, 4.69) is 9.72 Å². The third-order valence-corrected chi connectivity index (χ3v) is 3.80. The van der Waals surface area contributed by atoms with Crippen molar-refractivity contribution in [3.05, 3.63) is 65.0 Å². The Morgan fingerprint density at radius 3 is 2.60 bits per heavy atom. The summed E-state index contributed by atoms with van der Waals surface area (Å²) in [6.07, 6.45) is 0. The molecule has 0 amide bonds. The van der Waals surface area contributed by atoms with Gasteiger partial charge in [-0.15, -0.1) is 0 Å². The van der Waals surface area contributed by atoms with Crippen LogP contribution in [0.4, 0.5) is 10.2 Å². The predicted molar refractivity (Wildman–Crippen MR) is 93.0 cm³/mol. The fourth-order valence-electron chi connectivity index (χ4n) is 2.44. The minimum absolute atomic E-state index is 0.0767. The van der Waals surface area contributed by atoms with E-state index in [4.69, 9.17) is 10.5 Å². The number of pyridine rings is 1. The number of ether oxygens (including phenoxy) is 2. The van der Waals surface area contributed by atoms with Crippen LogP contribution in [0.15, 0.2) is 42.5 Å². The highest BCUT2D eigenvalue weighted by Gasteiger charge is 2.14. The van der Waals surface area contributed by atoms with Gasteiger partial charge < -0.3 is 15.2 Å². The van der Waals surface area contributed by atoms with E-state index in [0.717, 1.165) is 17.2 Å². The Hall–Kier alpha value is -3.15. The van der Waals surface area contributed by atoms with Crippen LogP contribution in [0, 0.1) is 12.7 Å². The molecule has 1 heterocycles. The zero-order valence-electron chi connectivity index (χ0n) is 13.9. The van der Waals surface area contributed by atoms with Gasteiger partial charge in [0.2, 0.25) is 0 Å². The number of hydrogen-bond acceptors (Lipinski definition) is 5. The zero-order valence-corrected chi connectivity index (χ0v) is 13.9. The molecule has 3 rings (SSSR count). The van der Waals surface area contributed by atoms with Crippen LogP contribution in [-0.2, 0) is 11.3 Å². The van der Waals surface area contributed by atoms with Crippen molar-refractivity contribution in [2.75, 3.05) is 12.8 Å². The highest BCUT2D eigenvalue weighted by atomic mass is 19.1. The monoisotopic (exact) mass is 340 g/mol. The molecule has 0 spiro atoms. The summed E-state index contributed by atoms with van der Waals surface area (Å²) >= 11 is 0. The van der Waals surface area contributed by atoms with E-state index in [1.165, 1.54) is 13.2 Å². The molecule has 0 aliphatic carbocycles. The van der Waals surface area contributed by atoms with Crippen molar-refractivity contribution in [3.63, 3.8) is 0 Å². The fraction of sp³-hybridized carbons (Fsp3) is 0.158. The summed E-state index contributed by atoms with van der Waals surface area (Å²) in [6, 6.07) is 12.0. The van der Waals surface area contributed by atoms with Gasteiger partial charge in [0.1, 0.15) is 17.9 Å². The Labute approximate surface area is 144 Å². The standard InChI is InChI=1S/C19H17FN2O3/c1-11-3-5-12(6-4-11)10-25-16-9-13-7-14(19(23)24-2)8-15(20)17(13)22-18(16)21/h3-9H,10H2,1-2H3,(H2,21,22). The van der Waals surface area contributed by atoms with E-state index >= 15 is 0 Å². The quantitative estimate of drug-likeness (QED) is 0.734. The van der Waals surface area contributed by atoms with E-state index in [0.29, 0.717) is 17.7 Å². The lowest BCUT2D eigenvalue weighted by molar-refractivity contribution is 0.0600. The van der Waals surface area contributed by atoms with Gasteiger partial charge in [-0.1, -0.05) is 29.8 Å². The van der Waals surface area contributed by atoms with E-state index in [1.807, 2.05) is 31.2 Å². The molecule has 3 aromatic rings. The fourth-order valence-corrected chi connectivity index (χ4v) is 2.44. The first-order valence-corrected chi connectivity index (χ1v) is 7.64. The number of nitrogens with two attached hydrogens (primary N) is 1. The molecular formula is C19H17FN2O3. The van der Waals surface area contributed by atoms with Gasteiger partial charge in [0, 0.05) is 5.39 Å². The maximum atomic E-state index is 14.2. The third-order valence-electron chi connectivity index (χ3n) is 3.80. The number of rotatable bonds is 4. The summed E-state index contributed by atoms with van der Waals surface area (Å²) in [5.74, 6) is -0.853. The molecule has 2 aromatic carbocycles. The molecule has 6 heteroatoms. The number of esters is 1. The molecule has 0 aliphatic heterocycles. The van der Waals surface area contributed by atoms with Crippen LogP contribution in [0.2, 0.25) is 0 Å². The number of nitrogen functional groups attached to an aromatic ring is 1. The lowest BCUT2D eigenvalue weighted by Crippen LogP contribution is -2.04. The summed E-state index contributed by atoms with van der Waals surface area (Å²) in [7, 11) is 1.24. The summed E-state index contributed by atoms with van der Waals surface area (Å²) in [6.45, 7) is 2.31. The van der Waals surface area contributed by atoms with Gasteiger partial charge in [0.15, 0.2) is 11.6 Å². The number of nitrogens with zero attached hydrogens (tertiary/aromatic N) is 1. The smallest absolute Gasteiger partial charge is 0.337 e. The van der Waals surface area contributed by atoms with Crippen molar-refractivity contribution in [2.24, 2.45) is 0 Å². The molecular weight excluding hydrogens is 323 g/mol.